The van der Waals surface area contributed by atoms with E-state index >= 15 is 0 Å². The predicted octanol–water partition coefficient (Wildman–Crippen LogP) is 2.21. The van der Waals surface area contributed by atoms with Gasteiger partial charge < -0.3 is 19.4 Å². The highest BCUT2D eigenvalue weighted by molar-refractivity contribution is 5.89. The lowest BCUT2D eigenvalue weighted by atomic mass is 10.1. The molecule has 0 bridgehead atoms. The summed E-state index contributed by atoms with van der Waals surface area (Å²) >= 11 is 0. The van der Waals surface area contributed by atoms with Crippen molar-refractivity contribution in [2.75, 3.05) is 49.1 Å². The van der Waals surface area contributed by atoms with Crippen LogP contribution in [0.15, 0.2) is 42.5 Å². The average molecular weight is 383 g/mol. The van der Waals surface area contributed by atoms with Crippen LogP contribution in [0.2, 0.25) is 0 Å². The third-order valence-corrected chi connectivity index (χ3v) is 5.15. The summed E-state index contributed by atoms with van der Waals surface area (Å²) in [7, 11) is 0. The minimum Gasteiger partial charge on any atom is -0.423 e. The quantitative estimate of drug-likeness (QED) is 0.601. The molecule has 2 aliphatic heterocycles. The first-order valence-corrected chi connectivity index (χ1v) is 9.34. The highest BCUT2D eigenvalue weighted by atomic mass is 19.1. The van der Waals surface area contributed by atoms with Gasteiger partial charge in [0.05, 0.1) is 12.2 Å². The second-order valence-corrected chi connectivity index (χ2v) is 7.15. The van der Waals surface area contributed by atoms with Crippen molar-refractivity contribution >= 4 is 23.3 Å². The van der Waals surface area contributed by atoms with Crippen molar-refractivity contribution in [1.82, 2.24) is 4.90 Å². The summed E-state index contributed by atoms with van der Waals surface area (Å²) < 4.78 is 18.4. The van der Waals surface area contributed by atoms with Crippen LogP contribution in [-0.2, 0) is 9.59 Å². The van der Waals surface area contributed by atoms with Gasteiger partial charge in [-0.3, -0.25) is 4.79 Å². The van der Waals surface area contributed by atoms with Crippen LogP contribution in [0, 0.1) is 12.7 Å². The van der Waals surface area contributed by atoms with Crippen LogP contribution < -0.4 is 14.5 Å². The minimum absolute atomic E-state index is 0.0130. The second-order valence-electron chi connectivity index (χ2n) is 7.15. The van der Waals surface area contributed by atoms with Gasteiger partial charge in [-0.25, -0.2) is 9.18 Å². The molecule has 28 heavy (non-hydrogen) atoms. The van der Waals surface area contributed by atoms with Gasteiger partial charge in [0.1, 0.15) is 12.4 Å². The molecule has 1 amide bonds. The first kappa shape index (κ1) is 18.3. The molecule has 146 valence electrons. The van der Waals surface area contributed by atoms with E-state index < -0.39 is 0 Å². The number of rotatable bonds is 3. The minimum atomic E-state index is -0.356. The number of halogens is 1. The summed E-state index contributed by atoms with van der Waals surface area (Å²) in [5.74, 6) is -0.130. The molecule has 1 saturated heterocycles. The molecule has 2 aliphatic rings. The number of anilines is 2. The molecule has 2 aromatic carbocycles. The number of hydrogen-bond acceptors (Lipinski definition) is 5. The van der Waals surface area contributed by atoms with E-state index in [9.17, 15) is 14.0 Å². The molecule has 0 saturated carbocycles. The van der Waals surface area contributed by atoms with Crippen LogP contribution in [0.3, 0.4) is 0 Å². The smallest absolute Gasteiger partial charge is 0.331 e. The Kier molecular flexibility index (Phi) is 4.90. The SMILES string of the molecule is Cc1ccc2c(c1)N(CC(=O)N1CCN(c3ccc(F)cc3)CC1)CC(=O)O2. The van der Waals surface area contributed by atoms with Crippen LogP contribution in [0.1, 0.15) is 5.56 Å². The van der Waals surface area contributed by atoms with Gasteiger partial charge in [0.25, 0.3) is 0 Å². The topological polar surface area (TPSA) is 53.1 Å². The third kappa shape index (κ3) is 3.78. The summed E-state index contributed by atoms with van der Waals surface area (Å²) in [6.07, 6.45) is 0. The van der Waals surface area contributed by atoms with Crippen molar-refractivity contribution in [3.8, 4) is 5.75 Å². The van der Waals surface area contributed by atoms with E-state index in [0.29, 0.717) is 31.9 Å². The van der Waals surface area contributed by atoms with Crippen LogP contribution >= 0.6 is 0 Å². The summed E-state index contributed by atoms with van der Waals surface area (Å²) in [5.41, 5.74) is 2.77. The molecule has 1 fully saturated rings. The molecule has 0 aromatic heterocycles. The standard InChI is InChI=1S/C21H22FN3O3/c1-15-2-7-19-18(12-15)25(14-21(27)28-19)13-20(26)24-10-8-23(9-11-24)17-5-3-16(22)4-6-17/h2-7,12H,8-11,13-14H2,1H3. The number of piperazine rings is 1. The summed E-state index contributed by atoms with van der Waals surface area (Å²) in [4.78, 5) is 30.4. The van der Waals surface area contributed by atoms with Crippen LogP contribution in [-0.4, -0.2) is 56.0 Å². The van der Waals surface area contributed by atoms with E-state index in [1.54, 1.807) is 23.1 Å². The van der Waals surface area contributed by atoms with E-state index in [2.05, 4.69) is 4.90 Å². The number of carbonyl (C=O) groups excluding carboxylic acids is 2. The molecule has 0 atom stereocenters. The molecule has 6 nitrogen and oxygen atoms in total. The van der Waals surface area contributed by atoms with Gasteiger partial charge in [-0.2, -0.15) is 0 Å². The van der Waals surface area contributed by atoms with E-state index in [1.807, 2.05) is 24.0 Å². The Morgan fingerprint density at radius 2 is 1.79 bits per heavy atom. The Labute approximate surface area is 163 Å². The monoisotopic (exact) mass is 383 g/mol. The molecule has 0 unspecified atom stereocenters. The van der Waals surface area contributed by atoms with Gasteiger partial charge in [-0.15, -0.1) is 0 Å². The second kappa shape index (κ2) is 7.50. The maximum Gasteiger partial charge on any atom is 0.331 e. The molecule has 4 rings (SSSR count). The number of hydrogen-bond donors (Lipinski definition) is 0. The Hall–Kier alpha value is -3.09. The lowest BCUT2D eigenvalue weighted by molar-refractivity contribution is -0.133. The van der Waals surface area contributed by atoms with Gasteiger partial charge >= 0.3 is 5.97 Å². The average Bonchev–Trinajstić information content (AvgIpc) is 2.69. The molecule has 0 radical (unpaired) electrons. The predicted molar refractivity (Wildman–Crippen MR) is 104 cm³/mol. The molecular formula is C21H22FN3O3. The van der Waals surface area contributed by atoms with Gasteiger partial charge in [0.15, 0.2) is 5.75 Å². The Morgan fingerprint density at radius 3 is 2.50 bits per heavy atom. The van der Waals surface area contributed by atoms with Crippen molar-refractivity contribution in [2.45, 2.75) is 6.92 Å². The van der Waals surface area contributed by atoms with E-state index in [-0.39, 0.29) is 30.8 Å². The number of carbonyl (C=O) groups is 2. The van der Waals surface area contributed by atoms with Crippen LogP contribution in [0.25, 0.3) is 0 Å². The van der Waals surface area contributed by atoms with E-state index in [4.69, 9.17) is 4.74 Å². The third-order valence-electron chi connectivity index (χ3n) is 5.15. The lowest BCUT2D eigenvalue weighted by Crippen LogP contribution is -2.52. The van der Waals surface area contributed by atoms with Crippen LogP contribution in [0.5, 0.6) is 5.75 Å². The summed E-state index contributed by atoms with van der Waals surface area (Å²) in [5, 5.41) is 0. The molecule has 2 aromatic rings. The van der Waals surface area contributed by atoms with Crippen molar-refractivity contribution in [3.05, 3.63) is 53.8 Å². The Morgan fingerprint density at radius 1 is 1.07 bits per heavy atom. The van der Waals surface area contributed by atoms with Gasteiger partial charge in [0.2, 0.25) is 5.91 Å². The maximum atomic E-state index is 13.1. The fourth-order valence-electron chi connectivity index (χ4n) is 3.63. The van der Waals surface area contributed by atoms with Gasteiger partial charge in [0, 0.05) is 31.9 Å². The fourth-order valence-corrected chi connectivity index (χ4v) is 3.63. The lowest BCUT2D eigenvalue weighted by Gasteiger charge is -2.37. The molecule has 7 heteroatoms. The molecule has 0 spiro atoms. The number of aryl methyl sites for hydroxylation is 1. The normalized spacial score (nSPS) is 16.6. The number of amides is 1. The van der Waals surface area contributed by atoms with Crippen molar-refractivity contribution in [1.29, 1.82) is 0 Å². The molecule has 0 N–H and O–H groups in total. The first-order chi connectivity index (χ1) is 13.5. The molecule has 0 aliphatic carbocycles. The highest BCUT2D eigenvalue weighted by Crippen LogP contribution is 2.32. The summed E-state index contributed by atoms with van der Waals surface area (Å²) in [6.45, 7) is 4.74. The van der Waals surface area contributed by atoms with Crippen molar-refractivity contribution in [2.24, 2.45) is 0 Å². The zero-order valence-corrected chi connectivity index (χ0v) is 15.7. The number of nitrogens with zero attached hydrogens (tertiary/aromatic N) is 3. The van der Waals surface area contributed by atoms with E-state index in [0.717, 1.165) is 16.9 Å². The van der Waals surface area contributed by atoms with Crippen LogP contribution in [0.4, 0.5) is 15.8 Å². The molecule has 2 heterocycles. The number of fused-ring (bicyclic) bond motifs is 1. The van der Waals surface area contributed by atoms with Gasteiger partial charge in [-0.1, -0.05) is 6.07 Å². The number of benzene rings is 2. The maximum absolute atomic E-state index is 13.1. The largest absolute Gasteiger partial charge is 0.423 e. The number of esters is 1. The Bertz CT molecular complexity index is 892. The first-order valence-electron chi connectivity index (χ1n) is 9.34. The van der Waals surface area contributed by atoms with E-state index in [1.165, 1.54) is 12.1 Å². The molecular weight excluding hydrogens is 361 g/mol. The van der Waals surface area contributed by atoms with Crippen molar-refractivity contribution < 1.29 is 18.7 Å². The zero-order valence-electron chi connectivity index (χ0n) is 15.7. The zero-order chi connectivity index (χ0) is 19.7. The summed E-state index contributed by atoms with van der Waals surface area (Å²) in [6, 6.07) is 12.0. The number of ether oxygens (including phenoxy) is 1. The van der Waals surface area contributed by atoms with Gasteiger partial charge in [-0.05, 0) is 48.9 Å². The Balaban J connectivity index is 1.39. The van der Waals surface area contributed by atoms with Crippen molar-refractivity contribution in [3.63, 3.8) is 0 Å². The fraction of sp³-hybridized carbons (Fsp3) is 0.333. The highest BCUT2D eigenvalue weighted by Gasteiger charge is 2.28.